The molecule has 1 atom stereocenters. The van der Waals surface area contributed by atoms with Crippen LogP contribution in [0.15, 0.2) is 18.5 Å². The molecule has 0 saturated heterocycles. The van der Waals surface area contributed by atoms with Crippen molar-refractivity contribution in [1.82, 2.24) is 15.2 Å². The molecule has 0 fully saturated rings. The highest BCUT2D eigenvalue weighted by Crippen LogP contribution is 2.30. The number of nitrogens with zero attached hydrogens (tertiary/aromatic N) is 2. The van der Waals surface area contributed by atoms with Crippen LogP contribution in [0.4, 0.5) is 4.39 Å². The van der Waals surface area contributed by atoms with Gasteiger partial charge in [0.1, 0.15) is 5.82 Å². The van der Waals surface area contributed by atoms with E-state index >= 15 is 0 Å². The minimum absolute atomic E-state index is 0.0422. The van der Waals surface area contributed by atoms with Crippen molar-refractivity contribution in [3.8, 4) is 0 Å². The number of aromatic nitrogens is 1. The molecule has 1 N–H and O–H groups in total. The lowest BCUT2D eigenvalue weighted by atomic mass is 9.87. The number of halogens is 1. The molecule has 1 unspecified atom stereocenters. The van der Waals surface area contributed by atoms with E-state index in [1.807, 2.05) is 7.05 Å². The summed E-state index contributed by atoms with van der Waals surface area (Å²) in [6.07, 6.45) is 2.97. The van der Waals surface area contributed by atoms with E-state index < -0.39 is 0 Å². The summed E-state index contributed by atoms with van der Waals surface area (Å²) in [4.78, 5) is 6.30. The molecule has 0 aliphatic rings. The largest absolute Gasteiger partial charge is 0.311 e. The van der Waals surface area contributed by atoms with Crippen molar-refractivity contribution in [3.63, 3.8) is 0 Å². The first-order valence-corrected chi connectivity index (χ1v) is 6.50. The molecule has 18 heavy (non-hydrogen) atoms. The molecule has 1 aromatic rings. The van der Waals surface area contributed by atoms with Crippen LogP contribution in [0.5, 0.6) is 0 Å². The van der Waals surface area contributed by atoms with Crippen molar-refractivity contribution in [1.29, 1.82) is 0 Å². The van der Waals surface area contributed by atoms with Gasteiger partial charge in [0.05, 0.1) is 12.2 Å². The topological polar surface area (TPSA) is 28.2 Å². The normalized spacial score (nSPS) is 13.9. The maximum atomic E-state index is 13.3. The van der Waals surface area contributed by atoms with Gasteiger partial charge in [-0.1, -0.05) is 13.8 Å². The van der Waals surface area contributed by atoms with Crippen LogP contribution in [-0.2, 0) is 0 Å². The first kappa shape index (κ1) is 15.1. The minimum atomic E-state index is -0.289. The fourth-order valence-corrected chi connectivity index (χ4v) is 2.74. The molecule has 1 heterocycles. The van der Waals surface area contributed by atoms with E-state index in [4.69, 9.17) is 0 Å². The average Bonchev–Trinajstić information content (AvgIpc) is 2.30. The Balaban J connectivity index is 3.08. The van der Waals surface area contributed by atoms with E-state index in [-0.39, 0.29) is 17.4 Å². The van der Waals surface area contributed by atoms with Crippen LogP contribution in [0.25, 0.3) is 0 Å². The van der Waals surface area contributed by atoms with Crippen LogP contribution < -0.4 is 5.32 Å². The smallest absolute Gasteiger partial charge is 0.141 e. The Morgan fingerprint density at radius 3 is 2.39 bits per heavy atom. The summed E-state index contributed by atoms with van der Waals surface area (Å²) in [6, 6.07) is 1.60. The summed E-state index contributed by atoms with van der Waals surface area (Å²) < 4.78 is 13.3. The molecule has 0 saturated carbocycles. The van der Waals surface area contributed by atoms with Crippen molar-refractivity contribution >= 4 is 0 Å². The fourth-order valence-electron chi connectivity index (χ4n) is 2.74. The Morgan fingerprint density at radius 1 is 1.33 bits per heavy atom. The van der Waals surface area contributed by atoms with E-state index in [2.05, 4.69) is 42.9 Å². The van der Waals surface area contributed by atoms with Crippen LogP contribution in [0, 0.1) is 5.82 Å². The Morgan fingerprint density at radius 2 is 1.94 bits per heavy atom. The van der Waals surface area contributed by atoms with Gasteiger partial charge in [-0.15, -0.1) is 0 Å². The van der Waals surface area contributed by atoms with Crippen LogP contribution in [-0.4, -0.2) is 35.6 Å². The lowest BCUT2D eigenvalue weighted by Gasteiger charge is -2.43. The van der Waals surface area contributed by atoms with Crippen LogP contribution in [0.1, 0.15) is 39.3 Å². The second-order valence-electron chi connectivity index (χ2n) is 4.98. The number of pyridine rings is 1. The van der Waals surface area contributed by atoms with E-state index in [1.54, 1.807) is 12.3 Å². The van der Waals surface area contributed by atoms with Gasteiger partial charge in [0.25, 0.3) is 0 Å². The van der Waals surface area contributed by atoms with Crippen LogP contribution in [0.2, 0.25) is 0 Å². The van der Waals surface area contributed by atoms with Crippen molar-refractivity contribution < 1.29 is 4.39 Å². The SMILES string of the molecule is CCN(CC)C(C)(C)C(NC)c1cncc(F)c1. The van der Waals surface area contributed by atoms with Gasteiger partial charge < -0.3 is 5.32 Å². The molecule has 4 heteroatoms. The third-order valence-corrected chi connectivity index (χ3v) is 3.63. The molecule has 0 aliphatic heterocycles. The number of rotatable bonds is 6. The van der Waals surface area contributed by atoms with E-state index in [0.29, 0.717) is 0 Å². The lowest BCUT2D eigenvalue weighted by Crippen LogP contribution is -2.52. The number of likely N-dealkylation sites (N-methyl/N-ethyl adjacent to an activating group) is 2. The Hall–Kier alpha value is -1.00. The molecule has 0 bridgehead atoms. The van der Waals surface area contributed by atoms with Gasteiger partial charge in [0.2, 0.25) is 0 Å². The number of hydrogen-bond donors (Lipinski definition) is 1. The predicted octanol–water partition coefficient (Wildman–Crippen LogP) is 2.60. The maximum absolute atomic E-state index is 13.3. The summed E-state index contributed by atoms with van der Waals surface area (Å²) in [7, 11) is 1.90. The van der Waals surface area contributed by atoms with Gasteiger partial charge >= 0.3 is 0 Å². The molecular weight excluding hydrogens is 229 g/mol. The van der Waals surface area contributed by atoms with Crippen LogP contribution >= 0.6 is 0 Å². The monoisotopic (exact) mass is 253 g/mol. The molecule has 0 radical (unpaired) electrons. The molecule has 1 rings (SSSR count). The highest BCUT2D eigenvalue weighted by atomic mass is 19.1. The van der Waals surface area contributed by atoms with Crippen molar-refractivity contribution in [3.05, 3.63) is 29.8 Å². The number of nitrogens with one attached hydrogen (secondary N) is 1. The second-order valence-corrected chi connectivity index (χ2v) is 4.98. The highest BCUT2D eigenvalue weighted by molar-refractivity contribution is 5.19. The van der Waals surface area contributed by atoms with Gasteiger partial charge in [-0.3, -0.25) is 9.88 Å². The minimum Gasteiger partial charge on any atom is -0.311 e. The molecule has 0 spiro atoms. The van der Waals surface area contributed by atoms with E-state index in [0.717, 1.165) is 18.7 Å². The summed E-state index contributed by atoms with van der Waals surface area (Å²) in [5, 5.41) is 3.29. The molecular formula is C14H24FN3. The molecule has 0 aliphatic carbocycles. The van der Waals surface area contributed by atoms with Crippen LogP contribution in [0.3, 0.4) is 0 Å². The van der Waals surface area contributed by atoms with Gasteiger partial charge in [0.15, 0.2) is 0 Å². The zero-order chi connectivity index (χ0) is 13.8. The third-order valence-electron chi connectivity index (χ3n) is 3.63. The molecule has 3 nitrogen and oxygen atoms in total. The van der Waals surface area contributed by atoms with Gasteiger partial charge in [0, 0.05) is 11.7 Å². The van der Waals surface area contributed by atoms with Gasteiger partial charge in [-0.25, -0.2) is 4.39 Å². The quantitative estimate of drug-likeness (QED) is 0.844. The second kappa shape index (κ2) is 6.25. The number of hydrogen-bond acceptors (Lipinski definition) is 3. The third kappa shape index (κ3) is 3.06. The molecule has 102 valence electrons. The maximum Gasteiger partial charge on any atom is 0.141 e. The van der Waals surface area contributed by atoms with Crippen molar-refractivity contribution in [2.75, 3.05) is 20.1 Å². The summed E-state index contributed by atoms with van der Waals surface area (Å²) in [5.41, 5.74) is 0.780. The van der Waals surface area contributed by atoms with Gasteiger partial charge in [-0.05, 0) is 45.6 Å². The molecule has 0 aromatic carbocycles. The van der Waals surface area contributed by atoms with E-state index in [1.165, 1.54) is 6.20 Å². The fraction of sp³-hybridized carbons (Fsp3) is 0.643. The average molecular weight is 253 g/mol. The lowest BCUT2D eigenvalue weighted by molar-refractivity contribution is 0.0942. The first-order valence-electron chi connectivity index (χ1n) is 6.50. The van der Waals surface area contributed by atoms with E-state index in [9.17, 15) is 4.39 Å². The standard InChI is InChI=1S/C14H24FN3/c1-6-18(7-2)14(3,4)13(16-5)11-8-12(15)10-17-9-11/h8-10,13,16H,6-7H2,1-5H3. The van der Waals surface area contributed by atoms with Crippen molar-refractivity contribution in [2.45, 2.75) is 39.3 Å². The Kier molecular flexibility index (Phi) is 5.23. The summed E-state index contributed by atoms with van der Waals surface area (Å²) in [6.45, 7) is 10.6. The molecule has 1 aromatic heterocycles. The summed E-state index contributed by atoms with van der Waals surface area (Å²) in [5.74, 6) is -0.289. The zero-order valence-electron chi connectivity index (χ0n) is 12.0. The first-order chi connectivity index (χ1) is 8.47. The van der Waals surface area contributed by atoms with Gasteiger partial charge in [-0.2, -0.15) is 0 Å². The Bertz CT molecular complexity index is 375. The predicted molar refractivity (Wildman–Crippen MR) is 73.0 cm³/mol. The summed E-state index contributed by atoms with van der Waals surface area (Å²) >= 11 is 0. The highest BCUT2D eigenvalue weighted by Gasteiger charge is 2.34. The zero-order valence-corrected chi connectivity index (χ0v) is 12.0. The van der Waals surface area contributed by atoms with Crippen molar-refractivity contribution in [2.24, 2.45) is 0 Å². The Labute approximate surface area is 109 Å². The molecule has 0 amide bonds.